The van der Waals surface area contributed by atoms with Gasteiger partial charge in [-0.3, -0.25) is 9.69 Å². The fourth-order valence-electron chi connectivity index (χ4n) is 3.48. The van der Waals surface area contributed by atoms with E-state index in [1.807, 2.05) is 11.8 Å². The third kappa shape index (κ3) is 6.28. The van der Waals surface area contributed by atoms with Crippen LogP contribution in [0, 0.1) is 0 Å². The highest BCUT2D eigenvalue weighted by Gasteiger charge is 2.34. The summed E-state index contributed by atoms with van der Waals surface area (Å²) in [7, 11) is 0. The molecule has 2 amide bonds. The Kier molecular flexibility index (Phi) is 7.78. The highest BCUT2D eigenvalue weighted by Crippen LogP contribution is 2.25. The molecule has 0 aromatic carbocycles. The minimum Gasteiger partial charge on any atom is -0.480 e. The highest BCUT2D eigenvalue weighted by molar-refractivity contribution is 5.74. The molecule has 0 aromatic heterocycles. The Morgan fingerprint density at radius 3 is 2.71 bits per heavy atom. The van der Waals surface area contributed by atoms with Gasteiger partial charge in [-0.1, -0.05) is 6.92 Å². The van der Waals surface area contributed by atoms with Gasteiger partial charge in [0.05, 0.1) is 12.6 Å². The lowest BCUT2D eigenvalue weighted by molar-refractivity contribution is -0.139. The van der Waals surface area contributed by atoms with E-state index in [0.717, 1.165) is 45.3 Å². The van der Waals surface area contributed by atoms with E-state index in [0.29, 0.717) is 12.6 Å². The van der Waals surface area contributed by atoms with Crippen LogP contribution in [-0.4, -0.2) is 66.4 Å². The van der Waals surface area contributed by atoms with Gasteiger partial charge < -0.3 is 20.5 Å². The van der Waals surface area contributed by atoms with Gasteiger partial charge in [-0.25, -0.2) is 4.79 Å². The van der Waals surface area contributed by atoms with Crippen molar-refractivity contribution in [3.63, 3.8) is 0 Å². The van der Waals surface area contributed by atoms with Crippen molar-refractivity contribution in [3.8, 4) is 0 Å². The van der Waals surface area contributed by atoms with E-state index in [4.69, 9.17) is 9.84 Å². The monoisotopic (exact) mass is 341 g/mol. The van der Waals surface area contributed by atoms with Crippen molar-refractivity contribution in [1.29, 1.82) is 0 Å². The van der Waals surface area contributed by atoms with E-state index in [2.05, 4.69) is 10.6 Å². The third-order valence-electron chi connectivity index (χ3n) is 4.97. The van der Waals surface area contributed by atoms with Gasteiger partial charge in [-0.15, -0.1) is 0 Å². The van der Waals surface area contributed by atoms with Gasteiger partial charge in [-0.05, 0) is 51.5 Å². The van der Waals surface area contributed by atoms with Gasteiger partial charge in [0.25, 0.3) is 0 Å². The van der Waals surface area contributed by atoms with Crippen LogP contribution in [0.2, 0.25) is 0 Å². The molecule has 1 unspecified atom stereocenters. The molecule has 2 fully saturated rings. The number of carbonyl (C=O) groups is 2. The smallest absolute Gasteiger partial charge is 0.317 e. The number of rotatable bonds is 9. The van der Waals surface area contributed by atoms with Crippen LogP contribution in [0.1, 0.15) is 51.9 Å². The van der Waals surface area contributed by atoms with E-state index in [-0.39, 0.29) is 24.7 Å². The van der Waals surface area contributed by atoms with Crippen LogP contribution in [-0.2, 0) is 9.53 Å². The number of nitrogens with zero attached hydrogens (tertiary/aromatic N) is 1. The quantitative estimate of drug-likeness (QED) is 0.554. The van der Waals surface area contributed by atoms with Crippen LogP contribution in [0.3, 0.4) is 0 Å². The maximum absolute atomic E-state index is 11.9. The molecule has 1 atom stereocenters. The predicted octanol–water partition coefficient (Wildman–Crippen LogP) is 1.57. The molecule has 1 aliphatic heterocycles. The summed E-state index contributed by atoms with van der Waals surface area (Å²) in [5.74, 6) is -0.798. The lowest BCUT2D eigenvalue weighted by Gasteiger charge is -2.42. The normalized spacial score (nSPS) is 26.7. The van der Waals surface area contributed by atoms with Crippen LogP contribution in [0.4, 0.5) is 4.79 Å². The highest BCUT2D eigenvalue weighted by atomic mass is 16.5. The number of hydrogen-bond donors (Lipinski definition) is 3. The molecular formula is C17H31N3O4. The number of nitrogens with one attached hydrogen (secondary N) is 2. The maximum atomic E-state index is 11.9. The van der Waals surface area contributed by atoms with Crippen molar-refractivity contribution in [2.24, 2.45) is 0 Å². The zero-order chi connectivity index (χ0) is 17.4. The van der Waals surface area contributed by atoms with E-state index < -0.39 is 5.97 Å². The largest absolute Gasteiger partial charge is 0.480 e. The molecule has 7 heteroatoms. The minimum absolute atomic E-state index is 0.0727. The van der Waals surface area contributed by atoms with Crippen molar-refractivity contribution in [2.45, 2.75) is 70.1 Å². The van der Waals surface area contributed by atoms with Crippen LogP contribution < -0.4 is 10.6 Å². The van der Waals surface area contributed by atoms with Gasteiger partial charge in [-0.2, -0.15) is 0 Å². The Morgan fingerprint density at radius 2 is 2.08 bits per heavy atom. The first-order chi connectivity index (χ1) is 11.6. The van der Waals surface area contributed by atoms with E-state index in [1.54, 1.807) is 0 Å². The number of aliphatic carboxylic acids is 1. The molecule has 0 spiro atoms. The van der Waals surface area contributed by atoms with E-state index in [9.17, 15) is 9.59 Å². The van der Waals surface area contributed by atoms with E-state index >= 15 is 0 Å². The number of carboxylic acid groups (broad SMARTS) is 1. The number of carboxylic acids is 1. The lowest BCUT2D eigenvalue weighted by atomic mass is 9.85. The molecule has 1 saturated heterocycles. The SMILES string of the molecule is CCN(CC(=O)O)C1CC(NC(=O)NCCCC2CCCCO2)C1. The zero-order valence-electron chi connectivity index (χ0n) is 14.6. The lowest BCUT2D eigenvalue weighted by Crippen LogP contribution is -2.56. The van der Waals surface area contributed by atoms with Crippen molar-refractivity contribution in [1.82, 2.24) is 15.5 Å². The molecule has 1 saturated carbocycles. The first-order valence-corrected chi connectivity index (χ1v) is 9.20. The average molecular weight is 341 g/mol. The molecular weight excluding hydrogens is 310 g/mol. The summed E-state index contributed by atoms with van der Waals surface area (Å²) in [5.41, 5.74) is 0. The first kappa shape index (κ1) is 19.0. The van der Waals surface area contributed by atoms with Gasteiger partial charge in [0, 0.05) is 25.2 Å². The van der Waals surface area contributed by atoms with Crippen LogP contribution in [0.25, 0.3) is 0 Å². The molecule has 0 radical (unpaired) electrons. The van der Waals surface area contributed by atoms with Crippen LogP contribution in [0.5, 0.6) is 0 Å². The molecule has 1 aliphatic carbocycles. The molecule has 138 valence electrons. The van der Waals surface area contributed by atoms with Crippen molar-refractivity contribution >= 4 is 12.0 Å². The third-order valence-corrected chi connectivity index (χ3v) is 4.97. The molecule has 0 bridgehead atoms. The van der Waals surface area contributed by atoms with Gasteiger partial charge in [0.15, 0.2) is 0 Å². The maximum Gasteiger partial charge on any atom is 0.317 e. The summed E-state index contributed by atoms with van der Waals surface area (Å²) < 4.78 is 5.67. The average Bonchev–Trinajstić information content (AvgIpc) is 2.53. The topological polar surface area (TPSA) is 90.9 Å². The van der Waals surface area contributed by atoms with Crippen LogP contribution in [0.15, 0.2) is 0 Å². The van der Waals surface area contributed by atoms with Crippen molar-refractivity contribution in [3.05, 3.63) is 0 Å². The number of ether oxygens (including phenoxy) is 1. The van der Waals surface area contributed by atoms with Gasteiger partial charge >= 0.3 is 12.0 Å². The standard InChI is InChI=1S/C17H31N3O4/c1-2-20(12-16(21)22)14-10-13(11-14)19-17(23)18-8-5-7-15-6-3-4-9-24-15/h13-15H,2-12H2,1H3,(H,21,22)(H2,18,19,23). The summed E-state index contributed by atoms with van der Waals surface area (Å²) in [4.78, 5) is 24.6. The Labute approximate surface area is 144 Å². The Hall–Kier alpha value is -1.34. The Bertz CT molecular complexity index is 407. The molecule has 0 aromatic rings. The summed E-state index contributed by atoms with van der Waals surface area (Å²) in [6.45, 7) is 4.30. The number of likely N-dealkylation sites (N-methyl/N-ethyl adjacent to an activating group) is 1. The number of urea groups is 1. The second-order valence-corrected chi connectivity index (χ2v) is 6.81. The number of hydrogen-bond acceptors (Lipinski definition) is 4. The van der Waals surface area contributed by atoms with E-state index in [1.165, 1.54) is 12.8 Å². The van der Waals surface area contributed by atoms with Crippen molar-refractivity contribution in [2.75, 3.05) is 26.2 Å². The minimum atomic E-state index is -0.798. The molecule has 3 N–H and O–H groups in total. The Balaban J connectivity index is 1.51. The summed E-state index contributed by atoms with van der Waals surface area (Å²) >= 11 is 0. The molecule has 1 heterocycles. The van der Waals surface area contributed by atoms with Crippen LogP contribution >= 0.6 is 0 Å². The fourth-order valence-corrected chi connectivity index (χ4v) is 3.48. The van der Waals surface area contributed by atoms with Gasteiger partial charge in [0.2, 0.25) is 0 Å². The number of carbonyl (C=O) groups excluding carboxylic acids is 1. The fraction of sp³-hybridized carbons (Fsp3) is 0.882. The molecule has 2 rings (SSSR count). The van der Waals surface area contributed by atoms with Crippen molar-refractivity contribution < 1.29 is 19.4 Å². The summed E-state index contributed by atoms with van der Waals surface area (Å²) in [6, 6.07) is 0.295. The molecule has 24 heavy (non-hydrogen) atoms. The zero-order valence-corrected chi connectivity index (χ0v) is 14.6. The number of amides is 2. The predicted molar refractivity (Wildman–Crippen MR) is 91.1 cm³/mol. The summed E-state index contributed by atoms with van der Waals surface area (Å²) in [6.07, 6.45) is 7.51. The molecule has 7 nitrogen and oxygen atoms in total. The Morgan fingerprint density at radius 1 is 1.29 bits per heavy atom. The second kappa shape index (κ2) is 9.84. The second-order valence-electron chi connectivity index (χ2n) is 6.81. The molecule has 2 aliphatic rings. The van der Waals surface area contributed by atoms with Gasteiger partial charge in [0.1, 0.15) is 0 Å². The summed E-state index contributed by atoms with van der Waals surface area (Å²) in [5, 5.41) is 14.7. The first-order valence-electron chi connectivity index (χ1n) is 9.20.